The minimum Gasteiger partial charge on any atom is -0.490 e. The Balaban J connectivity index is 1.79. The number of rotatable bonds is 3. The SMILES string of the molecule is O=C(O)N1CC(NCc2ccccc2)COc2cc(F)c(F)cc21. The molecule has 7 heteroatoms. The van der Waals surface area contributed by atoms with Gasteiger partial charge in [0.2, 0.25) is 0 Å². The van der Waals surface area contributed by atoms with E-state index in [2.05, 4.69) is 5.32 Å². The number of carboxylic acid groups (broad SMARTS) is 1. The van der Waals surface area contributed by atoms with Crippen LogP contribution in [-0.2, 0) is 6.54 Å². The van der Waals surface area contributed by atoms with Crippen LogP contribution in [0.3, 0.4) is 0 Å². The molecular weight excluding hydrogens is 318 g/mol. The monoisotopic (exact) mass is 334 g/mol. The van der Waals surface area contributed by atoms with Gasteiger partial charge in [0.05, 0.1) is 11.7 Å². The van der Waals surface area contributed by atoms with E-state index in [4.69, 9.17) is 4.74 Å². The van der Waals surface area contributed by atoms with Crippen LogP contribution in [0.5, 0.6) is 5.75 Å². The van der Waals surface area contributed by atoms with Gasteiger partial charge in [-0.25, -0.2) is 13.6 Å². The third-order valence-electron chi connectivity index (χ3n) is 3.80. The lowest BCUT2D eigenvalue weighted by Crippen LogP contribution is -2.44. The molecule has 0 spiro atoms. The molecule has 24 heavy (non-hydrogen) atoms. The van der Waals surface area contributed by atoms with Gasteiger partial charge in [-0.2, -0.15) is 0 Å². The van der Waals surface area contributed by atoms with Crippen molar-refractivity contribution in [3.8, 4) is 5.75 Å². The third kappa shape index (κ3) is 3.46. The van der Waals surface area contributed by atoms with Crippen LogP contribution >= 0.6 is 0 Å². The van der Waals surface area contributed by atoms with Crippen molar-refractivity contribution in [2.45, 2.75) is 12.6 Å². The van der Waals surface area contributed by atoms with Gasteiger partial charge in [-0.1, -0.05) is 30.3 Å². The van der Waals surface area contributed by atoms with Crippen molar-refractivity contribution >= 4 is 11.8 Å². The maximum absolute atomic E-state index is 13.5. The fraction of sp³-hybridized carbons (Fsp3) is 0.235. The van der Waals surface area contributed by atoms with Gasteiger partial charge in [0.15, 0.2) is 11.6 Å². The van der Waals surface area contributed by atoms with Gasteiger partial charge in [0.25, 0.3) is 0 Å². The zero-order chi connectivity index (χ0) is 17.1. The number of hydrogen-bond donors (Lipinski definition) is 2. The summed E-state index contributed by atoms with van der Waals surface area (Å²) in [6.07, 6.45) is -1.25. The van der Waals surface area contributed by atoms with E-state index in [1.165, 1.54) is 0 Å². The van der Waals surface area contributed by atoms with Gasteiger partial charge in [-0.3, -0.25) is 4.90 Å². The van der Waals surface area contributed by atoms with E-state index in [0.717, 1.165) is 22.6 Å². The summed E-state index contributed by atoms with van der Waals surface area (Å²) in [4.78, 5) is 12.5. The number of hydrogen-bond acceptors (Lipinski definition) is 3. The highest BCUT2D eigenvalue weighted by molar-refractivity contribution is 5.88. The lowest BCUT2D eigenvalue weighted by Gasteiger charge is -2.22. The molecule has 0 radical (unpaired) electrons. The number of nitrogens with zero attached hydrogens (tertiary/aromatic N) is 1. The van der Waals surface area contributed by atoms with Crippen LogP contribution < -0.4 is 15.0 Å². The molecule has 2 N–H and O–H groups in total. The Kier molecular flexibility index (Phi) is 4.61. The van der Waals surface area contributed by atoms with Crippen molar-refractivity contribution < 1.29 is 23.4 Å². The van der Waals surface area contributed by atoms with E-state index in [1.807, 2.05) is 30.3 Å². The molecule has 1 heterocycles. The highest BCUT2D eigenvalue weighted by atomic mass is 19.2. The number of nitrogens with one attached hydrogen (secondary N) is 1. The van der Waals surface area contributed by atoms with Crippen LogP contribution in [0.15, 0.2) is 42.5 Å². The van der Waals surface area contributed by atoms with Crippen LogP contribution in [0.2, 0.25) is 0 Å². The zero-order valence-electron chi connectivity index (χ0n) is 12.7. The second-order valence-corrected chi connectivity index (χ2v) is 5.50. The van der Waals surface area contributed by atoms with Crippen molar-refractivity contribution in [1.82, 2.24) is 5.32 Å². The van der Waals surface area contributed by atoms with Crippen molar-refractivity contribution in [3.05, 3.63) is 59.7 Å². The Hall–Kier alpha value is -2.67. The molecule has 3 rings (SSSR count). The molecule has 0 fully saturated rings. The first-order chi connectivity index (χ1) is 11.5. The van der Waals surface area contributed by atoms with Crippen molar-refractivity contribution in [1.29, 1.82) is 0 Å². The second kappa shape index (κ2) is 6.84. The number of fused-ring (bicyclic) bond motifs is 1. The van der Waals surface area contributed by atoms with Gasteiger partial charge >= 0.3 is 6.09 Å². The number of ether oxygens (including phenoxy) is 1. The molecule has 0 aromatic heterocycles. The van der Waals surface area contributed by atoms with Crippen molar-refractivity contribution in [2.75, 3.05) is 18.1 Å². The summed E-state index contributed by atoms with van der Waals surface area (Å²) >= 11 is 0. The van der Waals surface area contributed by atoms with E-state index in [-0.39, 0.29) is 30.6 Å². The topological polar surface area (TPSA) is 61.8 Å². The summed E-state index contributed by atoms with van der Waals surface area (Å²) in [5, 5.41) is 12.6. The largest absolute Gasteiger partial charge is 0.490 e. The van der Waals surface area contributed by atoms with Crippen molar-refractivity contribution in [2.24, 2.45) is 0 Å². The molecule has 0 saturated carbocycles. The van der Waals surface area contributed by atoms with E-state index < -0.39 is 17.7 Å². The van der Waals surface area contributed by atoms with Gasteiger partial charge in [0, 0.05) is 25.2 Å². The molecule has 1 unspecified atom stereocenters. The quantitative estimate of drug-likeness (QED) is 0.906. The second-order valence-electron chi connectivity index (χ2n) is 5.50. The first kappa shape index (κ1) is 16.2. The zero-order valence-corrected chi connectivity index (χ0v) is 12.7. The maximum atomic E-state index is 13.5. The normalized spacial score (nSPS) is 16.9. The molecule has 1 aliphatic heterocycles. The maximum Gasteiger partial charge on any atom is 0.411 e. The molecule has 1 amide bonds. The van der Waals surface area contributed by atoms with Gasteiger partial charge in [-0.05, 0) is 5.56 Å². The van der Waals surface area contributed by atoms with Crippen LogP contribution in [-0.4, -0.2) is 30.4 Å². The Morgan fingerprint density at radius 2 is 1.96 bits per heavy atom. The first-order valence-corrected chi connectivity index (χ1v) is 7.44. The molecule has 0 aliphatic carbocycles. The highest BCUT2D eigenvalue weighted by Crippen LogP contribution is 2.33. The minimum atomic E-state index is -1.25. The standard InChI is InChI=1S/C17H16F2N2O3/c18-13-6-15-16(7-14(13)19)24-10-12(9-21(15)17(22)23)20-8-11-4-2-1-3-5-11/h1-7,12,20H,8-10H2,(H,22,23). The van der Waals surface area contributed by atoms with E-state index >= 15 is 0 Å². The molecule has 0 saturated heterocycles. The Morgan fingerprint density at radius 3 is 2.67 bits per heavy atom. The summed E-state index contributed by atoms with van der Waals surface area (Å²) < 4.78 is 32.4. The first-order valence-electron chi connectivity index (χ1n) is 7.44. The molecule has 2 aromatic carbocycles. The number of halogens is 2. The molecule has 126 valence electrons. The number of benzene rings is 2. The average molecular weight is 334 g/mol. The molecular formula is C17H16F2N2O3. The number of anilines is 1. The lowest BCUT2D eigenvalue weighted by atomic mass is 10.2. The summed E-state index contributed by atoms with van der Waals surface area (Å²) in [7, 11) is 0. The van der Waals surface area contributed by atoms with Crippen molar-refractivity contribution in [3.63, 3.8) is 0 Å². The molecule has 1 atom stereocenters. The Labute approximate surface area is 137 Å². The van der Waals surface area contributed by atoms with E-state index in [1.54, 1.807) is 0 Å². The Morgan fingerprint density at radius 1 is 1.25 bits per heavy atom. The molecule has 1 aliphatic rings. The van der Waals surface area contributed by atoms with Crippen LogP contribution in [0.1, 0.15) is 5.56 Å². The van der Waals surface area contributed by atoms with Crippen LogP contribution in [0.25, 0.3) is 0 Å². The predicted octanol–water partition coefficient (Wildman–Crippen LogP) is 3.00. The minimum absolute atomic E-state index is 0.00501. The van der Waals surface area contributed by atoms with Gasteiger partial charge in [-0.15, -0.1) is 0 Å². The Bertz CT molecular complexity index is 740. The predicted molar refractivity (Wildman–Crippen MR) is 84.3 cm³/mol. The summed E-state index contributed by atoms with van der Waals surface area (Å²) in [6.45, 7) is 0.746. The summed E-state index contributed by atoms with van der Waals surface area (Å²) in [5.41, 5.74) is 1.05. The van der Waals surface area contributed by atoms with Gasteiger partial charge in [0.1, 0.15) is 12.4 Å². The summed E-state index contributed by atoms with van der Waals surface area (Å²) in [6, 6.07) is 11.0. The fourth-order valence-electron chi connectivity index (χ4n) is 2.57. The number of carbonyl (C=O) groups is 1. The van der Waals surface area contributed by atoms with Gasteiger partial charge < -0.3 is 15.2 Å². The molecule has 2 aromatic rings. The van der Waals surface area contributed by atoms with Crippen LogP contribution in [0, 0.1) is 11.6 Å². The third-order valence-corrected chi connectivity index (χ3v) is 3.80. The lowest BCUT2D eigenvalue weighted by molar-refractivity contribution is 0.200. The summed E-state index contributed by atoms with van der Waals surface area (Å²) in [5.74, 6) is -2.17. The smallest absolute Gasteiger partial charge is 0.411 e. The highest BCUT2D eigenvalue weighted by Gasteiger charge is 2.28. The molecule has 0 bridgehead atoms. The van der Waals surface area contributed by atoms with E-state index in [0.29, 0.717) is 6.54 Å². The molecule has 5 nitrogen and oxygen atoms in total. The van der Waals surface area contributed by atoms with E-state index in [9.17, 15) is 18.7 Å². The number of amides is 1. The fourth-order valence-corrected chi connectivity index (χ4v) is 2.57. The average Bonchev–Trinajstić information content (AvgIpc) is 2.74. The van der Waals surface area contributed by atoms with Crippen LogP contribution in [0.4, 0.5) is 19.3 Å².